The van der Waals surface area contributed by atoms with Crippen LogP contribution in [0, 0.1) is 5.92 Å². The minimum atomic E-state index is 0.144. The average Bonchev–Trinajstić information content (AvgIpc) is 2.46. The average molecular weight is 289 g/mol. The standard InChI is InChI=1S/C17H27N3O/c1-5-6-15-10-14(11-16(18-4)19-15)17(21)20-8-7-12(2)9-13(20)3/h10-13H,5-9H2,1-4H3,(H,18,19). The highest BCUT2D eigenvalue weighted by Crippen LogP contribution is 2.24. The second kappa shape index (κ2) is 6.92. The number of anilines is 1. The van der Waals surface area contributed by atoms with Crippen LogP contribution in [0.25, 0.3) is 0 Å². The Bertz CT molecular complexity index is 501. The molecule has 2 heterocycles. The van der Waals surface area contributed by atoms with Gasteiger partial charge in [0, 0.05) is 30.9 Å². The number of likely N-dealkylation sites (tertiary alicyclic amines) is 1. The lowest BCUT2D eigenvalue weighted by molar-refractivity contribution is 0.0588. The number of hydrogen-bond acceptors (Lipinski definition) is 3. The summed E-state index contributed by atoms with van der Waals surface area (Å²) in [6.45, 7) is 7.41. The van der Waals surface area contributed by atoms with Crippen LogP contribution in [0.1, 0.15) is 56.1 Å². The van der Waals surface area contributed by atoms with Crippen LogP contribution in [-0.2, 0) is 6.42 Å². The highest BCUT2D eigenvalue weighted by molar-refractivity contribution is 5.95. The molecule has 0 aromatic carbocycles. The van der Waals surface area contributed by atoms with Gasteiger partial charge < -0.3 is 10.2 Å². The number of aromatic nitrogens is 1. The fraction of sp³-hybridized carbons (Fsp3) is 0.647. The van der Waals surface area contributed by atoms with Crippen LogP contribution >= 0.6 is 0 Å². The summed E-state index contributed by atoms with van der Waals surface area (Å²) in [5.74, 6) is 1.64. The molecule has 4 heteroatoms. The summed E-state index contributed by atoms with van der Waals surface area (Å²) >= 11 is 0. The monoisotopic (exact) mass is 289 g/mol. The van der Waals surface area contributed by atoms with E-state index in [1.165, 1.54) is 0 Å². The third-order valence-corrected chi connectivity index (χ3v) is 4.29. The van der Waals surface area contributed by atoms with Crippen LogP contribution in [0.4, 0.5) is 5.82 Å². The van der Waals surface area contributed by atoms with Gasteiger partial charge in [-0.25, -0.2) is 4.98 Å². The largest absolute Gasteiger partial charge is 0.373 e. The van der Waals surface area contributed by atoms with Crippen molar-refractivity contribution >= 4 is 11.7 Å². The Morgan fingerprint density at radius 2 is 2.19 bits per heavy atom. The molecule has 1 aromatic heterocycles. The number of carbonyl (C=O) groups is 1. The van der Waals surface area contributed by atoms with Crippen LogP contribution < -0.4 is 5.32 Å². The molecule has 1 aromatic rings. The van der Waals surface area contributed by atoms with Crippen LogP contribution in [0.2, 0.25) is 0 Å². The second-order valence-electron chi connectivity index (χ2n) is 6.21. The first-order valence-corrected chi connectivity index (χ1v) is 8.04. The Hall–Kier alpha value is -1.58. The van der Waals surface area contributed by atoms with Gasteiger partial charge >= 0.3 is 0 Å². The molecular weight excluding hydrogens is 262 g/mol. The summed E-state index contributed by atoms with van der Waals surface area (Å²) in [5, 5.41) is 3.06. The fourth-order valence-corrected chi connectivity index (χ4v) is 3.10. The van der Waals surface area contributed by atoms with E-state index in [0.717, 1.165) is 49.3 Å². The predicted molar refractivity (Wildman–Crippen MR) is 86.7 cm³/mol. The van der Waals surface area contributed by atoms with Crippen molar-refractivity contribution in [1.29, 1.82) is 0 Å². The van der Waals surface area contributed by atoms with E-state index in [9.17, 15) is 4.79 Å². The summed E-state index contributed by atoms with van der Waals surface area (Å²) in [7, 11) is 1.84. The van der Waals surface area contributed by atoms with Crippen LogP contribution in [0.15, 0.2) is 12.1 Å². The Morgan fingerprint density at radius 1 is 1.43 bits per heavy atom. The molecule has 0 radical (unpaired) electrons. The molecule has 1 amide bonds. The molecule has 1 N–H and O–H groups in total. The molecule has 2 rings (SSSR count). The zero-order chi connectivity index (χ0) is 15.4. The summed E-state index contributed by atoms with van der Waals surface area (Å²) in [6, 6.07) is 4.14. The molecule has 0 spiro atoms. The molecular formula is C17H27N3O. The fourth-order valence-electron chi connectivity index (χ4n) is 3.10. The van der Waals surface area contributed by atoms with E-state index in [1.54, 1.807) is 0 Å². The molecule has 21 heavy (non-hydrogen) atoms. The minimum absolute atomic E-state index is 0.144. The highest BCUT2D eigenvalue weighted by atomic mass is 16.2. The minimum Gasteiger partial charge on any atom is -0.373 e. The third kappa shape index (κ3) is 3.74. The van der Waals surface area contributed by atoms with Crippen molar-refractivity contribution in [2.75, 3.05) is 18.9 Å². The van der Waals surface area contributed by atoms with E-state index in [1.807, 2.05) is 24.1 Å². The number of pyridine rings is 1. The maximum atomic E-state index is 12.8. The Kier molecular flexibility index (Phi) is 5.21. The zero-order valence-electron chi connectivity index (χ0n) is 13.6. The van der Waals surface area contributed by atoms with E-state index >= 15 is 0 Å². The first-order valence-electron chi connectivity index (χ1n) is 8.04. The lowest BCUT2D eigenvalue weighted by Crippen LogP contribution is -2.44. The van der Waals surface area contributed by atoms with Crippen molar-refractivity contribution in [2.24, 2.45) is 5.92 Å². The molecule has 4 nitrogen and oxygen atoms in total. The van der Waals surface area contributed by atoms with Crippen molar-refractivity contribution in [3.63, 3.8) is 0 Å². The summed E-state index contributed by atoms with van der Waals surface area (Å²) in [5.41, 5.74) is 1.75. The lowest BCUT2D eigenvalue weighted by Gasteiger charge is -2.36. The van der Waals surface area contributed by atoms with Crippen molar-refractivity contribution in [1.82, 2.24) is 9.88 Å². The van der Waals surface area contributed by atoms with Crippen molar-refractivity contribution in [2.45, 2.75) is 52.5 Å². The second-order valence-corrected chi connectivity index (χ2v) is 6.21. The third-order valence-electron chi connectivity index (χ3n) is 4.29. The van der Waals surface area contributed by atoms with Gasteiger partial charge in [-0.2, -0.15) is 0 Å². The molecule has 0 saturated carbocycles. The van der Waals surface area contributed by atoms with Gasteiger partial charge in [0.05, 0.1) is 0 Å². The van der Waals surface area contributed by atoms with Crippen LogP contribution in [0.3, 0.4) is 0 Å². The molecule has 1 aliphatic heterocycles. The number of hydrogen-bond donors (Lipinski definition) is 1. The van der Waals surface area contributed by atoms with E-state index in [-0.39, 0.29) is 5.91 Å². The number of nitrogens with one attached hydrogen (secondary N) is 1. The van der Waals surface area contributed by atoms with Gasteiger partial charge in [-0.3, -0.25) is 4.79 Å². The van der Waals surface area contributed by atoms with E-state index in [0.29, 0.717) is 12.0 Å². The number of rotatable bonds is 4. The van der Waals surface area contributed by atoms with Crippen LogP contribution in [0.5, 0.6) is 0 Å². The molecule has 0 bridgehead atoms. The quantitative estimate of drug-likeness (QED) is 0.924. The normalized spacial score (nSPS) is 22.2. The van der Waals surface area contributed by atoms with Gasteiger partial charge in [-0.15, -0.1) is 0 Å². The van der Waals surface area contributed by atoms with Gasteiger partial charge in [-0.05, 0) is 44.2 Å². The number of piperidine rings is 1. The van der Waals surface area contributed by atoms with E-state index < -0.39 is 0 Å². The highest BCUT2D eigenvalue weighted by Gasteiger charge is 2.27. The Balaban J connectivity index is 2.23. The maximum Gasteiger partial charge on any atom is 0.254 e. The van der Waals surface area contributed by atoms with Crippen molar-refractivity contribution < 1.29 is 4.79 Å². The molecule has 2 atom stereocenters. The van der Waals surface area contributed by atoms with Gasteiger partial charge in [0.25, 0.3) is 5.91 Å². The smallest absolute Gasteiger partial charge is 0.254 e. The molecule has 0 aliphatic carbocycles. The van der Waals surface area contributed by atoms with Gasteiger partial charge in [0.2, 0.25) is 0 Å². The Labute approximate surface area is 127 Å². The van der Waals surface area contributed by atoms with Crippen LogP contribution in [-0.4, -0.2) is 35.4 Å². The zero-order valence-corrected chi connectivity index (χ0v) is 13.6. The van der Waals surface area contributed by atoms with Gasteiger partial charge in [-0.1, -0.05) is 20.3 Å². The summed E-state index contributed by atoms with van der Waals surface area (Å²) < 4.78 is 0. The first kappa shape index (κ1) is 15.8. The topological polar surface area (TPSA) is 45.2 Å². The SMILES string of the molecule is CCCc1cc(C(=O)N2CCC(C)CC2C)cc(NC)n1. The Morgan fingerprint density at radius 3 is 2.81 bits per heavy atom. The number of aryl methyl sites for hydroxylation is 1. The molecule has 1 fully saturated rings. The molecule has 116 valence electrons. The predicted octanol–water partition coefficient (Wildman–Crippen LogP) is 3.34. The van der Waals surface area contributed by atoms with Gasteiger partial charge in [0.1, 0.15) is 5.82 Å². The first-order chi connectivity index (χ1) is 10.0. The molecule has 1 aliphatic rings. The molecule has 1 saturated heterocycles. The number of nitrogens with zero attached hydrogens (tertiary/aromatic N) is 2. The summed E-state index contributed by atoms with van der Waals surface area (Å²) in [4.78, 5) is 19.3. The molecule has 2 unspecified atom stereocenters. The number of amides is 1. The van der Waals surface area contributed by atoms with Crippen molar-refractivity contribution in [3.05, 3.63) is 23.4 Å². The van der Waals surface area contributed by atoms with E-state index in [2.05, 4.69) is 31.1 Å². The lowest BCUT2D eigenvalue weighted by atomic mass is 9.93. The van der Waals surface area contributed by atoms with Gasteiger partial charge in [0.15, 0.2) is 0 Å². The summed E-state index contributed by atoms with van der Waals surface area (Å²) in [6.07, 6.45) is 4.13. The maximum absolute atomic E-state index is 12.8. The number of carbonyl (C=O) groups excluding carboxylic acids is 1. The van der Waals surface area contributed by atoms with E-state index in [4.69, 9.17) is 0 Å². The van der Waals surface area contributed by atoms with Crippen molar-refractivity contribution in [3.8, 4) is 0 Å².